The standard InChI is InChI=1S/C17H16O4/c1-2-20-16(19)17(12-8-4-3-5-9-12)15(18)13-10-6-7-11-14(13)21-17/h3-11,15,18H,2H2,1H3/t15-,17-/m0/s1. The maximum atomic E-state index is 12.5. The molecule has 1 N–H and O–H groups in total. The van der Waals surface area contributed by atoms with Crippen LogP contribution in [0.4, 0.5) is 0 Å². The Hall–Kier alpha value is -2.33. The summed E-state index contributed by atoms with van der Waals surface area (Å²) in [5.41, 5.74) is -0.373. The average Bonchev–Trinajstić information content (AvgIpc) is 2.83. The molecule has 108 valence electrons. The van der Waals surface area contributed by atoms with E-state index in [4.69, 9.17) is 9.47 Å². The number of esters is 1. The SMILES string of the molecule is CCOC(=O)[C@@]1(c2ccccc2)Oc2ccccc2[C@@H]1O. The molecular weight excluding hydrogens is 268 g/mol. The van der Waals surface area contributed by atoms with Crippen molar-refractivity contribution in [3.63, 3.8) is 0 Å². The number of carbonyl (C=O) groups is 1. The minimum atomic E-state index is -1.54. The summed E-state index contributed by atoms with van der Waals surface area (Å²) in [7, 11) is 0. The third kappa shape index (κ3) is 1.99. The van der Waals surface area contributed by atoms with Crippen LogP contribution in [0.5, 0.6) is 5.75 Å². The third-order valence-electron chi connectivity index (χ3n) is 3.65. The van der Waals surface area contributed by atoms with Gasteiger partial charge in [-0.15, -0.1) is 0 Å². The van der Waals surface area contributed by atoms with Crippen LogP contribution in [0, 0.1) is 0 Å². The Bertz CT molecular complexity index is 653. The number of aliphatic hydroxyl groups excluding tert-OH is 1. The average molecular weight is 284 g/mol. The van der Waals surface area contributed by atoms with Crippen LogP contribution < -0.4 is 4.74 Å². The predicted octanol–water partition coefficient (Wildman–Crippen LogP) is 2.57. The van der Waals surface area contributed by atoms with Gasteiger partial charge in [-0.2, -0.15) is 0 Å². The summed E-state index contributed by atoms with van der Waals surface area (Å²) in [4.78, 5) is 12.5. The number of ether oxygens (including phenoxy) is 2. The molecule has 0 saturated carbocycles. The number of para-hydroxylation sites is 1. The molecule has 0 aromatic heterocycles. The van der Waals surface area contributed by atoms with Gasteiger partial charge in [0.2, 0.25) is 0 Å². The molecule has 21 heavy (non-hydrogen) atoms. The molecule has 3 rings (SSSR count). The zero-order valence-electron chi connectivity index (χ0n) is 11.7. The minimum absolute atomic E-state index is 0.222. The van der Waals surface area contributed by atoms with Gasteiger partial charge in [0.1, 0.15) is 11.9 Å². The lowest BCUT2D eigenvalue weighted by atomic mass is 9.86. The van der Waals surface area contributed by atoms with E-state index in [1.807, 2.05) is 6.07 Å². The topological polar surface area (TPSA) is 55.8 Å². The van der Waals surface area contributed by atoms with Crippen LogP contribution in [0.3, 0.4) is 0 Å². The molecule has 2 aromatic rings. The molecule has 0 radical (unpaired) electrons. The van der Waals surface area contributed by atoms with Crippen molar-refractivity contribution >= 4 is 5.97 Å². The molecule has 0 fully saturated rings. The second kappa shape index (κ2) is 5.22. The van der Waals surface area contributed by atoms with Gasteiger partial charge in [-0.05, 0) is 13.0 Å². The zero-order chi connectivity index (χ0) is 14.9. The Morgan fingerprint density at radius 1 is 1.19 bits per heavy atom. The van der Waals surface area contributed by atoms with Gasteiger partial charge < -0.3 is 14.6 Å². The number of hydrogen-bond acceptors (Lipinski definition) is 4. The van der Waals surface area contributed by atoms with Crippen LogP contribution in [-0.2, 0) is 15.1 Å². The van der Waals surface area contributed by atoms with Gasteiger partial charge in [-0.25, -0.2) is 4.79 Å². The molecule has 0 spiro atoms. The lowest BCUT2D eigenvalue weighted by Crippen LogP contribution is -2.44. The van der Waals surface area contributed by atoms with E-state index in [2.05, 4.69) is 0 Å². The van der Waals surface area contributed by atoms with E-state index in [0.29, 0.717) is 16.9 Å². The second-order valence-corrected chi connectivity index (χ2v) is 4.86. The van der Waals surface area contributed by atoms with E-state index in [9.17, 15) is 9.90 Å². The molecule has 4 heteroatoms. The number of carbonyl (C=O) groups excluding carboxylic acids is 1. The number of rotatable bonds is 3. The first-order valence-electron chi connectivity index (χ1n) is 6.89. The molecule has 0 aliphatic carbocycles. The first-order valence-corrected chi connectivity index (χ1v) is 6.89. The van der Waals surface area contributed by atoms with Crippen LogP contribution in [0.2, 0.25) is 0 Å². The van der Waals surface area contributed by atoms with Crippen molar-refractivity contribution in [1.82, 2.24) is 0 Å². The van der Waals surface area contributed by atoms with Gasteiger partial charge in [0.05, 0.1) is 6.61 Å². The van der Waals surface area contributed by atoms with E-state index in [1.165, 1.54) is 0 Å². The molecule has 0 unspecified atom stereocenters. The quantitative estimate of drug-likeness (QED) is 0.880. The summed E-state index contributed by atoms with van der Waals surface area (Å²) in [6, 6.07) is 16.1. The maximum Gasteiger partial charge on any atom is 0.358 e. The second-order valence-electron chi connectivity index (χ2n) is 4.86. The van der Waals surface area contributed by atoms with E-state index in [1.54, 1.807) is 55.5 Å². The molecular formula is C17H16O4. The normalized spacial score (nSPS) is 23.2. The van der Waals surface area contributed by atoms with Crippen LogP contribution in [-0.4, -0.2) is 17.7 Å². The minimum Gasteiger partial charge on any atom is -0.467 e. The maximum absolute atomic E-state index is 12.5. The summed E-state index contributed by atoms with van der Waals surface area (Å²) in [6.45, 7) is 1.95. The van der Waals surface area contributed by atoms with Crippen molar-refractivity contribution in [2.45, 2.75) is 18.6 Å². The number of benzene rings is 2. The van der Waals surface area contributed by atoms with E-state index in [-0.39, 0.29) is 6.61 Å². The van der Waals surface area contributed by atoms with E-state index < -0.39 is 17.7 Å². The molecule has 2 atom stereocenters. The Balaban J connectivity index is 2.14. The molecule has 4 nitrogen and oxygen atoms in total. The van der Waals surface area contributed by atoms with Gasteiger partial charge in [0, 0.05) is 11.1 Å². The van der Waals surface area contributed by atoms with Crippen LogP contribution in [0.15, 0.2) is 54.6 Å². The van der Waals surface area contributed by atoms with Crippen molar-refractivity contribution in [3.05, 3.63) is 65.7 Å². The van der Waals surface area contributed by atoms with Crippen molar-refractivity contribution in [1.29, 1.82) is 0 Å². The fourth-order valence-electron chi connectivity index (χ4n) is 2.66. The van der Waals surface area contributed by atoms with Crippen molar-refractivity contribution in [2.75, 3.05) is 6.61 Å². The lowest BCUT2D eigenvalue weighted by molar-refractivity contribution is -0.171. The van der Waals surface area contributed by atoms with E-state index in [0.717, 1.165) is 0 Å². The van der Waals surface area contributed by atoms with Crippen molar-refractivity contribution in [2.24, 2.45) is 0 Å². The summed E-state index contributed by atoms with van der Waals surface area (Å²) in [6.07, 6.45) is -1.10. The summed E-state index contributed by atoms with van der Waals surface area (Å²) in [5, 5.41) is 10.7. The molecule has 1 aliphatic heterocycles. The first kappa shape index (κ1) is 13.6. The highest BCUT2D eigenvalue weighted by Gasteiger charge is 2.56. The Kier molecular flexibility index (Phi) is 3.39. The van der Waals surface area contributed by atoms with Gasteiger partial charge in [0.15, 0.2) is 0 Å². The monoisotopic (exact) mass is 284 g/mol. The van der Waals surface area contributed by atoms with Gasteiger partial charge >= 0.3 is 5.97 Å². The zero-order valence-corrected chi connectivity index (χ0v) is 11.7. The highest BCUT2D eigenvalue weighted by Crippen LogP contribution is 2.49. The van der Waals surface area contributed by atoms with Crippen LogP contribution in [0.1, 0.15) is 24.2 Å². The molecule has 0 saturated heterocycles. The Morgan fingerprint density at radius 2 is 1.86 bits per heavy atom. The van der Waals surface area contributed by atoms with Crippen LogP contribution in [0.25, 0.3) is 0 Å². The highest BCUT2D eigenvalue weighted by molar-refractivity contribution is 5.84. The number of fused-ring (bicyclic) bond motifs is 1. The smallest absolute Gasteiger partial charge is 0.358 e. The Labute approximate surface area is 122 Å². The molecule has 1 aliphatic rings. The van der Waals surface area contributed by atoms with Gasteiger partial charge in [-0.3, -0.25) is 0 Å². The number of aliphatic hydroxyl groups is 1. The van der Waals surface area contributed by atoms with E-state index >= 15 is 0 Å². The van der Waals surface area contributed by atoms with Crippen molar-refractivity contribution in [3.8, 4) is 5.75 Å². The van der Waals surface area contributed by atoms with Crippen LogP contribution >= 0.6 is 0 Å². The summed E-state index contributed by atoms with van der Waals surface area (Å²) >= 11 is 0. The highest BCUT2D eigenvalue weighted by atomic mass is 16.6. The third-order valence-corrected chi connectivity index (χ3v) is 3.65. The van der Waals surface area contributed by atoms with Gasteiger partial charge in [0.25, 0.3) is 5.60 Å². The molecule has 1 heterocycles. The Morgan fingerprint density at radius 3 is 2.52 bits per heavy atom. The largest absolute Gasteiger partial charge is 0.467 e. The molecule has 2 aromatic carbocycles. The predicted molar refractivity (Wildman–Crippen MR) is 76.8 cm³/mol. The van der Waals surface area contributed by atoms with Crippen molar-refractivity contribution < 1.29 is 19.4 Å². The lowest BCUT2D eigenvalue weighted by Gasteiger charge is -2.29. The fourth-order valence-corrected chi connectivity index (χ4v) is 2.66. The first-order chi connectivity index (χ1) is 10.2. The summed E-state index contributed by atoms with van der Waals surface area (Å²) < 4.78 is 11.0. The molecule has 0 amide bonds. The fraction of sp³-hybridized carbons (Fsp3) is 0.235. The summed E-state index contributed by atoms with van der Waals surface area (Å²) in [5.74, 6) is -0.0817. The number of hydrogen-bond donors (Lipinski definition) is 1. The van der Waals surface area contributed by atoms with Gasteiger partial charge in [-0.1, -0.05) is 48.5 Å². The molecule has 0 bridgehead atoms.